The van der Waals surface area contributed by atoms with E-state index in [0.717, 1.165) is 63.1 Å². The molecule has 6 nitrogen and oxygen atoms in total. The number of hydrogen-bond donors (Lipinski definition) is 0. The van der Waals surface area contributed by atoms with Crippen molar-refractivity contribution in [1.29, 1.82) is 0 Å². The maximum Gasteiger partial charge on any atom is 0.227 e. The SMILES string of the molecule is Cc1cc(N2CCN(C(=O)CCc3sccc3C)CC2)nc(N2CCCCC2)n1. The Labute approximate surface area is 177 Å². The normalized spacial score (nSPS) is 17.7. The zero-order valence-corrected chi connectivity index (χ0v) is 18.4. The summed E-state index contributed by atoms with van der Waals surface area (Å²) in [6, 6.07) is 4.20. The first-order valence-corrected chi connectivity index (χ1v) is 11.6. The summed E-state index contributed by atoms with van der Waals surface area (Å²) in [4.78, 5) is 30.1. The van der Waals surface area contributed by atoms with Gasteiger partial charge in [-0.1, -0.05) is 0 Å². The zero-order valence-electron chi connectivity index (χ0n) is 17.6. The predicted octanol–water partition coefficient (Wildman–Crippen LogP) is 3.43. The third-order valence-corrected chi connectivity index (χ3v) is 7.04. The molecule has 0 atom stereocenters. The Hall–Kier alpha value is -2.15. The molecule has 4 rings (SSSR count). The van der Waals surface area contributed by atoms with Crippen molar-refractivity contribution in [2.24, 2.45) is 0 Å². The quantitative estimate of drug-likeness (QED) is 0.752. The van der Waals surface area contributed by atoms with Crippen molar-refractivity contribution < 1.29 is 4.79 Å². The fraction of sp³-hybridized carbons (Fsp3) is 0.591. The van der Waals surface area contributed by atoms with Gasteiger partial charge in [0.1, 0.15) is 5.82 Å². The molecule has 0 aromatic carbocycles. The summed E-state index contributed by atoms with van der Waals surface area (Å²) in [7, 11) is 0. The summed E-state index contributed by atoms with van der Waals surface area (Å²) in [6.45, 7) is 9.47. The maximum absolute atomic E-state index is 12.6. The largest absolute Gasteiger partial charge is 0.353 e. The van der Waals surface area contributed by atoms with Crippen LogP contribution in [-0.2, 0) is 11.2 Å². The van der Waals surface area contributed by atoms with Crippen molar-refractivity contribution in [2.45, 2.75) is 46.0 Å². The van der Waals surface area contributed by atoms with Crippen molar-refractivity contribution >= 4 is 29.0 Å². The molecule has 2 aromatic rings. The molecular formula is C22H31N5OS. The van der Waals surface area contributed by atoms with Gasteiger partial charge >= 0.3 is 0 Å². The van der Waals surface area contributed by atoms with Gasteiger partial charge in [-0.05, 0) is 56.5 Å². The molecule has 2 aromatic heterocycles. The standard InChI is InChI=1S/C22H31N5OS/c1-17-8-15-29-19(17)6-7-21(28)26-13-11-25(12-14-26)20-16-18(2)23-22(24-20)27-9-4-3-5-10-27/h8,15-16H,3-7,9-14H2,1-2H3. The van der Waals surface area contributed by atoms with Crippen LogP contribution in [-0.4, -0.2) is 60.0 Å². The summed E-state index contributed by atoms with van der Waals surface area (Å²) in [5.41, 5.74) is 2.32. The van der Waals surface area contributed by atoms with E-state index in [2.05, 4.69) is 39.2 Å². The smallest absolute Gasteiger partial charge is 0.227 e. The van der Waals surface area contributed by atoms with Crippen LogP contribution in [0.4, 0.5) is 11.8 Å². The first-order valence-electron chi connectivity index (χ1n) is 10.8. The minimum absolute atomic E-state index is 0.269. The minimum Gasteiger partial charge on any atom is -0.353 e. The van der Waals surface area contributed by atoms with Crippen LogP contribution in [0.1, 0.15) is 41.8 Å². The number of carbonyl (C=O) groups is 1. The zero-order chi connectivity index (χ0) is 20.2. The number of thiophene rings is 1. The van der Waals surface area contributed by atoms with E-state index in [1.807, 2.05) is 11.8 Å². The van der Waals surface area contributed by atoms with E-state index in [4.69, 9.17) is 4.98 Å². The highest BCUT2D eigenvalue weighted by Gasteiger charge is 2.23. The van der Waals surface area contributed by atoms with Crippen LogP contribution in [0.5, 0.6) is 0 Å². The van der Waals surface area contributed by atoms with Gasteiger partial charge in [-0.15, -0.1) is 11.3 Å². The lowest BCUT2D eigenvalue weighted by atomic mass is 10.1. The summed E-state index contributed by atoms with van der Waals surface area (Å²) in [6.07, 6.45) is 5.20. The topological polar surface area (TPSA) is 52.6 Å². The van der Waals surface area contributed by atoms with E-state index in [1.165, 1.54) is 29.7 Å². The van der Waals surface area contributed by atoms with Gasteiger partial charge < -0.3 is 14.7 Å². The molecule has 7 heteroatoms. The molecule has 2 saturated heterocycles. The number of piperazine rings is 1. The predicted molar refractivity (Wildman–Crippen MR) is 119 cm³/mol. The van der Waals surface area contributed by atoms with Gasteiger partial charge in [0.25, 0.3) is 0 Å². The van der Waals surface area contributed by atoms with Crippen LogP contribution in [0, 0.1) is 13.8 Å². The van der Waals surface area contributed by atoms with Gasteiger partial charge in [0.15, 0.2) is 0 Å². The molecule has 0 N–H and O–H groups in total. The van der Waals surface area contributed by atoms with Crippen molar-refractivity contribution in [1.82, 2.24) is 14.9 Å². The Morgan fingerprint density at radius 1 is 1.00 bits per heavy atom. The van der Waals surface area contributed by atoms with Crippen molar-refractivity contribution in [3.63, 3.8) is 0 Å². The molecule has 2 fully saturated rings. The van der Waals surface area contributed by atoms with E-state index in [1.54, 1.807) is 11.3 Å². The lowest BCUT2D eigenvalue weighted by molar-refractivity contribution is -0.131. The molecule has 2 aliphatic rings. The molecule has 2 aliphatic heterocycles. The third-order valence-electron chi connectivity index (χ3n) is 5.96. The van der Waals surface area contributed by atoms with E-state index >= 15 is 0 Å². The molecule has 1 amide bonds. The van der Waals surface area contributed by atoms with Gasteiger partial charge in [-0.25, -0.2) is 4.98 Å². The Balaban J connectivity index is 1.33. The van der Waals surface area contributed by atoms with E-state index in [-0.39, 0.29) is 5.91 Å². The summed E-state index contributed by atoms with van der Waals surface area (Å²) < 4.78 is 0. The Morgan fingerprint density at radius 3 is 2.45 bits per heavy atom. The molecule has 29 heavy (non-hydrogen) atoms. The number of piperidine rings is 1. The second-order valence-corrected chi connectivity index (χ2v) is 9.11. The van der Waals surface area contributed by atoms with Crippen molar-refractivity contribution in [2.75, 3.05) is 49.1 Å². The number of rotatable bonds is 5. The van der Waals surface area contributed by atoms with Gasteiger partial charge in [-0.3, -0.25) is 4.79 Å². The van der Waals surface area contributed by atoms with E-state index < -0.39 is 0 Å². The molecule has 4 heterocycles. The molecule has 0 radical (unpaired) electrons. The summed E-state index contributed by atoms with van der Waals surface area (Å²) in [5.74, 6) is 2.13. The second kappa shape index (κ2) is 9.11. The first-order chi connectivity index (χ1) is 14.1. The molecule has 0 saturated carbocycles. The average molecular weight is 414 g/mol. The van der Waals surface area contributed by atoms with Crippen LogP contribution < -0.4 is 9.80 Å². The van der Waals surface area contributed by atoms with Crippen molar-refractivity contribution in [3.05, 3.63) is 33.6 Å². The summed E-state index contributed by atoms with van der Waals surface area (Å²) in [5, 5.41) is 2.11. The first kappa shape index (κ1) is 20.1. The van der Waals surface area contributed by atoms with Gasteiger partial charge in [0.2, 0.25) is 11.9 Å². The maximum atomic E-state index is 12.6. The monoisotopic (exact) mass is 413 g/mol. The third kappa shape index (κ3) is 4.89. The highest BCUT2D eigenvalue weighted by Crippen LogP contribution is 2.22. The fourth-order valence-corrected chi connectivity index (χ4v) is 5.07. The van der Waals surface area contributed by atoms with Gasteiger partial charge in [0, 0.05) is 62.3 Å². The molecule has 0 spiro atoms. The van der Waals surface area contributed by atoms with Gasteiger partial charge in [0.05, 0.1) is 0 Å². The molecule has 0 bridgehead atoms. The number of aromatic nitrogens is 2. The summed E-state index contributed by atoms with van der Waals surface area (Å²) >= 11 is 1.75. The number of anilines is 2. The molecule has 0 aliphatic carbocycles. The van der Waals surface area contributed by atoms with Gasteiger partial charge in [-0.2, -0.15) is 4.98 Å². The van der Waals surface area contributed by atoms with Crippen molar-refractivity contribution in [3.8, 4) is 0 Å². The number of carbonyl (C=O) groups excluding carboxylic acids is 1. The van der Waals surface area contributed by atoms with Crippen LogP contribution in [0.15, 0.2) is 17.5 Å². The van der Waals surface area contributed by atoms with Crippen LogP contribution in [0.25, 0.3) is 0 Å². The van der Waals surface area contributed by atoms with E-state index in [9.17, 15) is 4.79 Å². The average Bonchev–Trinajstić information content (AvgIpc) is 3.17. The fourth-order valence-electron chi connectivity index (χ4n) is 4.16. The minimum atomic E-state index is 0.269. The highest BCUT2D eigenvalue weighted by molar-refractivity contribution is 7.10. The molecule has 156 valence electrons. The Morgan fingerprint density at radius 2 is 1.76 bits per heavy atom. The number of aryl methyl sites for hydroxylation is 3. The van der Waals surface area contributed by atoms with Crippen LogP contribution in [0.3, 0.4) is 0 Å². The van der Waals surface area contributed by atoms with Crippen LogP contribution >= 0.6 is 11.3 Å². The number of nitrogens with zero attached hydrogens (tertiary/aromatic N) is 5. The Kier molecular flexibility index (Phi) is 6.33. The molecule has 0 unspecified atom stereocenters. The number of hydrogen-bond acceptors (Lipinski definition) is 6. The number of amides is 1. The Bertz CT molecular complexity index is 837. The van der Waals surface area contributed by atoms with Crippen LogP contribution in [0.2, 0.25) is 0 Å². The highest BCUT2D eigenvalue weighted by atomic mass is 32.1. The lowest BCUT2D eigenvalue weighted by Crippen LogP contribution is -2.49. The molecular weight excluding hydrogens is 382 g/mol. The van der Waals surface area contributed by atoms with E-state index in [0.29, 0.717) is 6.42 Å². The lowest BCUT2D eigenvalue weighted by Gasteiger charge is -2.36. The second-order valence-electron chi connectivity index (χ2n) is 8.11.